The first-order chi connectivity index (χ1) is 12.2. The number of hydrogen-bond donors (Lipinski definition) is 0. The number of hydrogen-bond acceptors (Lipinski definition) is 2. The van der Waals surface area contributed by atoms with Crippen LogP contribution in [0.4, 0.5) is 0 Å². The van der Waals surface area contributed by atoms with E-state index in [4.69, 9.17) is 0 Å². The monoisotopic (exact) mass is 350 g/mol. The number of carbonyl (C=O) groups excluding carboxylic acids is 1. The zero-order chi connectivity index (χ0) is 17.0. The highest BCUT2D eigenvalue weighted by Gasteiger charge is 2.44. The second-order valence-corrected chi connectivity index (χ2v) is 9.67. The lowest BCUT2D eigenvalue weighted by molar-refractivity contribution is -0.124. The highest BCUT2D eigenvalue weighted by molar-refractivity contribution is 7.86. The zero-order valence-electron chi connectivity index (χ0n) is 14.2. The van der Waals surface area contributed by atoms with Gasteiger partial charge in [-0.1, -0.05) is 55.0 Å². The van der Waals surface area contributed by atoms with E-state index >= 15 is 0 Å². The van der Waals surface area contributed by atoms with E-state index in [0.717, 1.165) is 36.8 Å². The smallest absolute Gasteiger partial charge is 0.147 e. The topological polar surface area (TPSA) is 34.1 Å². The molecule has 0 spiro atoms. The summed E-state index contributed by atoms with van der Waals surface area (Å²) in [6.07, 6.45) is 4.89. The van der Waals surface area contributed by atoms with Gasteiger partial charge >= 0.3 is 0 Å². The van der Waals surface area contributed by atoms with Gasteiger partial charge < -0.3 is 0 Å². The summed E-state index contributed by atoms with van der Waals surface area (Å²) in [6.45, 7) is 0. The second-order valence-electron chi connectivity index (χ2n) is 7.68. The van der Waals surface area contributed by atoms with Crippen LogP contribution in [0.15, 0.2) is 48.5 Å². The van der Waals surface area contributed by atoms with Crippen molar-refractivity contribution < 1.29 is 9.00 Å². The molecule has 0 N–H and O–H groups in total. The van der Waals surface area contributed by atoms with E-state index < -0.39 is 10.8 Å². The summed E-state index contributed by atoms with van der Waals surface area (Å²) in [5.41, 5.74) is 4.73. The third kappa shape index (κ3) is 2.36. The van der Waals surface area contributed by atoms with Crippen molar-refractivity contribution >= 4 is 16.6 Å². The normalized spacial score (nSPS) is 30.6. The molecule has 2 heterocycles. The quantitative estimate of drug-likeness (QED) is 0.802. The van der Waals surface area contributed by atoms with Crippen LogP contribution in [-0.4, -0.2) is 20.5 Å². The third-order valence-electron chi connectivity index (χ3n) is 6.32. The van der Waals surface area contributed by atoms with Crippen molar-refractivity contribution in [3.8, 4) is 11.1 Å². The van der Waals surface area contributed by atoms with Crippen LogP contribution >= 0.6 is 0 Å². The standard InChI is InChI=1S/C22H22O2S/c23-22(14-12-15-6-5-7-16(13-14)25(15)24)21-19-10-3-1-8-17(19)18-9-2-4-11-20(18)21/h1-4,8-11,14-16,21H,5-7,12-13H2. The van der Waals surface area contributed by atoms with Crippen molar-refractivity contribution in [3.63, 3.8) is 0 Å². The third-order valence-corrected chi connectivity index (χ3v) is 8.50. The lowest BCUT2D eigenvalue weighted by Crippen LogP contribution is -2.42. The summed E-state index contributed by atoms with van der Waals surface area (Å²) in [7, 11) is -0.717. The van der Waals surface area contributed by atoms with Gasteiger partial charge in [-0.05, 0) is 47.9 Å². The summed E-state index contributed by atoms with van der Waals surface area (Å²) >= 11 is 0. The molecule has 3 heteroatoms. The number of fused-ring (bicyclic) bond motifs is 5. The van der Waals surface area contributed by atoms with Crippen LogP contribution in [0.1, 0.15) is 49.1 Å². The van der Waals surface area contributed by atoms with Gasteiger partial charge in [-0.15, -0.1) is 0 Å². The molecule has 2 nitrogen and oxygen atoms in total. The van der Waals surface area contributed by atoms with Gasteiger partial charge in [0.2, 0.25) is 0 Å². The first-order valence-electron chi connectivity index (χ1n) is 9.35. The molecule has 0 saturated carbocycles. The lowest BCUT2D eigenvalue weighted by Gasteiger charge is -2.38. The molecular weight excluding hydrogens is 328 g/mol. The Morgan fingerprint density at radius 3 is 1.92 bits per heavy atom. The molecule has 128 valence electrons. The Labute approximate surface area is 151 Å². The lowest BCUT2D eigenvalue weighted by atomic mass is 9.79. The summed E-state index contributed by atoms with van der Waals surface area (Å²) in [6, 6.07) is 16.7. The van der Waals surface area contributed by atoms with Crippen LogP contribution in [-0.2, 0) is 15.6 Å². The zero-order valence-corrected chi connectivity index (χ0v) is 15.0. The molecule has 1 aliphatic carbocycles. The molecule has 2 aliphatic heterocycles. The van der Waals surface area contributed by atoms with Crippen LogP contribution in [0, 0.1) is 5.92 Å². The highest BCUT2D eigenvalue weighted by atomic mass is 32.2. The Morgan fingerprint density at radius 2 is 1.36 bits per heavy atom. The van der Waals surface area contributed by atoms with Gasteiger partial charge in [0.15, 0.2) is 0 Å². The second kappa shape index (κ2) is 5.91. The predicted molar refractivity (Wildman–Crippen MR) is 101 cm³/mol. The van der Waals surface area contributed by atoms with E-state index in [-0.39, 0.29) is 22.3 Å². The molecule has 2 bridgehead atoms. The fourth-order valence-electron chi connectivity index (χ4n) is 5.16. The average molecular weight is 350 g/mol. The van der Waals surface area contributed by atoms with E-state index in [1.54, 1.807) is 0 Å². The Kier molecular flexibility index (Phi) is 3.67. The number of Topliss-reactive ketones (excluding diaryl/α,β-unsaturated/α-hetero) is 1. The van der Waals surface area contributed by atoms with Crippen molar-refractivity contribution in [2.75, 3.05) is 0 Å². The van der Waals surface area contributed by atoms with Gasteiger partial charge in [0.05, 0.1) is 5.92 Å². The molecule has 0 amide bonds. The van der Waals surface area contributed by atoms with Crippen LogP contribution in [0.25, 0.3) is 11.1 Å². The van der Waals surface area contributed by atoms with Crippen molar-refractivity contribution in [3.05, 3.63) is 59.7 Å². The predicted octanol–water partition coefficient (Wildman–Crippen LogP) is 4.45. The summed E-state index contributed by atoms with van der Waals surface area (Å²) < 4.78 is 12.5. The molecule has 25 heavy (non-hydrogen) atoms. The van der Waals surface area contributed by atoms with Crippen LogP contribution < -0.4 is 0 Å². The van der Waals surface area contributed by atoms with Crippen molar-refractivity contribution in [1.29, 1.82) is 0 Å². The highest BCUT2D eigenvalue weighted by Crippen LogP contribution is 2.48. The van der Waals surface area contributed by atoms with Gasteiger partial charge in [0.1, 0.15) is 5.78 Å². The number of ketones is 1. The van der Waals surface area contributed by atoms with Crippen LogP contribution in [0.5, 0.6) is 0 Å². The van der Waals surface area contributed by atoms with E-state index in [0.29, 0.717) is 5.78 Å². The fourth-order valence-corrected chi connectivity index (χ4v) is 7.35. The molecule has 5 rings (SSSR count). The fraction of sp³-hybridized carbons (Fsp3) is 0.409. The maximum Gasteiger partial charge on any atom is 0.147 e. The molecule has 2 aromatic rings. The van der Waals surface area contributed by atoms with Crippen LogP contribution in [0.2, 0.25) is 0 Å². The minimum Gasteiger partial charge on any atom is -0.298 e. The number of benzene rings is 2. The first kappa shape index (κ1) is 15.5. The Balaban J connectivity index is 1.53. The molecule has 0 radical (unpaired) electrons. The van der Waals surface area contributed by atoms with Gasteiger partial charge in [0.25, 0.3) is 0 Å². The maximum atomic E-state index is 13.6. The van der Waals surface area contributed by atoms with Gasteiger partial charge in [-0.2, -0.15) is 0 Å². The van der Waals surface area contributed by atoms with E-state index in [1.807, 2.05) is 12.1 Å². The molecule has 2 fully saturated rings. The molecule has 0 aromatic heterocycles. The summed E-state index contributed by atoms with van der Waals surface area (Å²) in [4.78, 5) is 13.6. The minimum absolute atomic E-state index is 0.0669. The largest absolute Gasteiger partial charge is 0.298 e. The Hall–Kier alpha value is -1.74. The first-order valence-corrected chi connectivity index (χ1v) is 10.6. The maximum absolute atomic E-state index is 13.6. The van der Waals surface area contributed by atoms with Gasteiger partial charge in [-0.3, -0.25) is 9.00 Å². The van der Waals surface area contributed by atoms with Crippen molar-refractivity contribution in [1.82, 2.24) is 0 Å². The van der Waals surface area contributed by atoms with Gasteiger partial charge in [0, 0.05) is 27.2 Å². The van der Waals surface area contributed by atoms with E-state index in [2.05, 4.69) is 36.4 Å². The molecule has 2 atom stereocenters. The number of carbonyl (C=O) groups is 1. The summed E-state index contributed by atoms with van der Waals surface area (Å²) in [5, 5.41) is 0.488. The molecule has 2 unspecified atom stereocenters. The van der Waals surface area contributed by atoms with Crippen LogP contribution in [0.3, 0.4) is 0 Å². The SMILES string of the molecule is O=C(C1CC2CCCC(C1)S2=O)C1c2ccccc2-c2ccccc21. The van der Waals surface area contributed by atoms with Crippen molar-refractivity contribution in [2.24, 2.45) is 5.92 Å². The van der Waals surface area contributed by atoms with Gasteiger partial charge in [-0.25, -0.2) is 0 Å². The average Bonchev–Trinajstić information content (AvgIpc) is 2.95. The Morgan fingerprint density at radius 1 is 0.840 bits per heavy atom. The minimum atomic E-state index is -0.717. The molecule has 2 aromatic carbocycles. The molecule has 3 aliphatic rings. The van der Waals surface area contributed by atoms with E-state index in [1.165, 1.54) is 17.5 Å². The molecular formula is C22H22O2S. The van der Waals surface area contributed by atoms with E-state index in [9.17, 15) is 9.00 Å². The molecule has 2 saturated heterocycles. The Bertz CT molecular complexity index is 810. The number of rotatable bonds is 2. The van der Waals surface area contributed by atoms with Crippen molar-refractivity contribution in [2.45, 2.75) is 48.5 Å². The summed E-state index contributed by atoms with van der Waals surface area (Å²) in [5.74, 6) is 0.285.